The van der Waals surface area contributed by atoms with E-state index in [1.54, 1.807) is 0 Å². The third-order valence-corrected chi connectivity index (χ3v) is 5.72. The van der Waals surface area contributed by atoms with Crippen LogP contribution in [-0.4, -0.2) is 0 Å². The molecule has 0 unspecified atom stereocenters. The zero-order valence-corrected chi connectivity index (χ0v) is 14.2. The molecule has 0 bridgehead atoms. The lowest BCUT2D eigenvalue weighted by Gasteiger charge is -2.21. The summed E-state index contributed by atoms with van der Waals surface area (Å²) in [7, 11) is 0. The fourth-order valence-electron chi connectivity index (χ4n) is 3.42. The maximum absolute atomic E-state index is 2.31. The maximum atomic E-state index is 2.31. The molecule has 0 spiro atoms. The number of rotatable bonds is 6. The van der Waals surface area contributed by atoms with Gasteiger partial charge < -0.3 is 0 Å². The molecule has 1 aliphatic carbocycles. The average Bonchev–Trinajstić information content (AvgIpc) is 2.58. The number of aryl methyl sites for hydroxylation is 1. The van der Waals surface area contributed by atoms with Crippen molar-refractivity contribution in [2.75, 3.05) is 0 Å². The van der Waals surface area contributed by atoms with Gasteiger partial charge in [-0.1, -0.05) is 80.6 Å². The predicted molar refractivity (Wildman–Crippen MR) is 96.5 cm³/mol. The summed E-state index contributed by atoms with van der Waals surface area (Å²) < 4.78 is 0. The van der Waals surface area contributed by atoms with Gasteiger partial charge in [-0.15, -0.1) is 0 Å². The summed E-state index contributed by atoms with van der Waals surface area (Å²) in [6.07, 6.45) is 11.4. The van der Waals surface area contributed by atoms with Gasteiger partial charge in [0.15, 0.2) is 0 Å². The number of hydrogen-bond acceptors (Lipinski definition) is 1. The van der Waals surface area contributed by atoms with Crippen molar-refractivity contribution < 1.29 is 0 Å². The highest BCUT2D eigenvalue weighted by Crippen LogP contribution is 2.29. The Bertz CT molecular complexity index is 538. The van der Waals surface area contributed by atoms with Gasteiger partial charge in [0, 0.05) is 9.79 Å². The molecule has 1 aliphatic rings. The molecule has 22 heavy (non-hydrogen) atoms. The average molecular weight is 311 g/mol. The first kappa shape index (κ1) is 15.7. The van der Waals surface area contributed by atoms with Crippen molar-refractivity contribution in [2.24, 2.45) is 5.92 Å². The van der Waals surface area contributed by atoms with E-state index in [1.807, 2.05) is 11.8 Å². The van der Waals surface area contributed by atoms with Crippen molar-refractivity contribution in [2.45, 2.75) is 61.2 Å². The first-order valence-corrected chi connectivity index (χ1v) is 9.54. The van der Waals surface area contributed by atoms with Gasteiger partial charge in [0.05, 0.1) is 0 Å². The molecular weight excluding hydrogens is 284 g/mol. The minimum absolute atomic E-state index is 1.02. The summed E-state index contributed by atoms with van der Waals surface area (Å²) in [6.45, 7) is 0. The van der Waals surface area contributed by atoms with E-state index in [9.17, 15) is 0 Å². The maximum Gasteiger partial charge on any atom is 0.0122 e. The standard InChI is InChI=1S/C21H26S/c1-3-8-18(9-4-1)10-7-11-19-14-16-21(17-15-19)22-20-12-5-2-6-13-20/h2,5-6,12-18H,1,3-4,7-11H2. The highest BCUT2D eigenvalue weighted by molar-refractivity contribution is 7.99. The summed E-state index contributed by atoms with van der Waals surface area (Å²) in [5.74, 6) is 1.02. The molecule has 0 amide bonds. The third-order valence-electron chi connectivity index (χ3n) is 4.70. The van der Waals surface area contributed by atoms with Crippen LogP contribution in [0.25, 0.3) is 0 Å². The van der Waals surface area contributed by atoms with Crippen molar-refractivity contribution >= 4 is 11.8 Å². The second-order valence-corrected chi connectivity index (χ2v) is 7.60. The van der Waals surface area contributed by atoms with Crippen molar-refractivity contribution in [1.29, 1.82) is 0 Å². The van der Waals surface area contributed by atoms with Gasteiger partial charge in [-0.05, 0) is 48.6 Å². The Morgan fingerprint density at radius 3 is 2.18 bits per heavy atom. The van der Waals surface area contributed by atoms with Crippen molar-refractivity contribution in [3.8, 4) is 0 Å². The van der Waals surface area contributed by atoms with Gasteiger partial charge >= 0.3 is 0 Å². The van der Waals surface area contributed by atoms with E-state index in [2.05, 4.69) is 54.6 Å². The zero-order chi connectivity index (χ0) is 15.0. The molecule has 0 atom stereocenters. The quantitative estimate of drug-likeness (QED) is 0.569. The molecule has 1 heteroatoms. The van der Waals surface area contributed by atoms with Crippen LogP contribution in [-0.2, 0) is 6.42 Å². The lowest BCUT2D eigenvalue weighted by atomic mass is 9.85. The third kappa shape index (κ3) is 4.91. The molecule has 116 valence electrons. The first-order chi connectivity index (χ1) is 10.9. The Morgan fingerprint density at radius 2 is 1.45 bits per heavy atom. The molecule has 1 fully saturated rings. The predicted octanol–water partition coefficient (Wildman–Crippen LogP) is 6.74. The Kier molecular flexibility index (Phi) is 6.01. The van der Waals surface area contributed by atoms with Crippen LogP contribution in [0.1, 0.15) is 50.5 Å². The van der Waals surface area contributed by atoms with Gasteiger partial charge in [-0.3, -0.25) is 0 Å². The van der Waals surface area contributed by atoms with E-state index in [1.165, 1.54) is 66.7 Å². The largest absolute Gasteiger partial charge is 0.0901 e. The molecule has 0 radical (unpaired) electrons. The minimum Gasteiger partial charge on any atom is -0.0901 e. The van der Waals surface area contributed by atoms with E-state index in [0.29, 0.717) is 0 Å². The Balaban J connectivity index is 1.45. The van der Waals surface area contributed by atoms with Gasteiger partial charge in [-0.2, -0.15) is 0 Å². The van der Waals surface area contributed by atoms with Gasteiger partial charge in [-0.25, -0.2) is 0 Å². The smallest absolute Gasteiger partial charge is 0.0122 e. The normalized spacial score (nSPS) is 15.8. The first-order valence-electron chi connectivity index (χ1n) is 8.72. The van der Waals surface area contributed by atoms with Gasteiger partial charge in [0.1, 0.15) is 0 Å². The molecule has 2 aromatic carbocycles. The van der Waals surface area contributed by atoms with Crippen LogP contribution >= 0.6 is 11.8 Å². The van der Waals surface area contributed by atoms with E-state index in [0.717, 1.165) is 5.92 Å². The fourth-order valence-corrected chi connectivity index (χ4v) is 4.26. The van der Waals surface area contributed by atoms with Gasteiger partial charge in [0.25, 0.3) is 0 Å². The van der Waals surface area contributed by atoms with Crippen LogP contribution in [0.4, 0.5) is 0 Å². The second-order valence-electron chi connectivity index (χ2n) is 6.46. The Morgan fingerprint density at radius 1 is 0.773 bits per heavy atom. The summed E-state index contributed by atoms with van der Waals surface area (Å²) in [6, 6.07) is 19.8. The Labute approximate surface area is 139 Å². The number of benzene rings is 2. The van der Waals surface area contributed by atoms with Crippen LogP contribution in [0.2, 0.25) is 0 Å². The molecule has 0 aliphatic heterocycles. The summed E-state index contributed by atoms with van der Waals surface area (Å²) >= 11 is 1.84. The van der Waals surface area contributed by atoms with Crippen molar-refractivity contribution in [1.82, 2.24) is 0 Å². The van der Waals surface area contributed by atoms with Crippen LogP contribution in [0.3, 0.4) is 0 Å². The topological polar surface area (TPSA) is 0 Å². The van der Waals surface area contributed by atoms with Crippen LogP contribution in [0.15, 0.2) is 64.4 Å². The van der Waals surface area contributed by atoms with Crippen molar-refractivity contribution in [3.05, 3.63) is 60.2 Å². The SMILES string of the molecule is c1ccc(Sc2ccc(CCCC3CCCCC3)cc2)cc1. The van der Waals surface area contributed by atoms with Crippen LogP contribution < -0.4 is 0 Å². The Hall–Kier alpha value is -1.21. The minimum atomic E-state index is 1.02. The second kappa shape index (κ2) is 8.43. The summed E-state index contributed by atoms with van der Waals surface area (Å²) in [4.78, 5) is 2.65. The molecular formula is C21H26S. The van der Waals surface area contributed by atoms with Crippen LogP contribution in [0, 0.1) is 5.92 Å². The highest BCUT2D eigenvalue weighted by Gasteiger charge is 2.12. The van der Waals surface area contributed by atoms with Gasteiger partial charge in [0.2, 0.25) is 0 Å². The van der Waals surface area contributed by atoms with Crippen LogP contribution in [0.5, 0.6) is 0 Å². The molecule has 0 N–H and O–H groups in total. The molecule has 2 aromatic rings. The van der Waals surface area contributed by atoms with E-state index >= 15 is 0 Å². The van der Waals surface area contributed by atoms with E-state index < -0.39 is 0 Å². The zero-order valence-electron chi connectivity index (χ0n) is 13.3. The van der Waals surface area contributed by atoms with Crippen molar-refractivity contribution in [3.63, 3.8) is 0 Å². The molecule has 0 saturated heterocycles. The van der Waals surface area contributed by atoms with E-state index in [-0.39, 0.29) is 0 Å². The molecule has 1 saturated carbocycles. The lowest BCUT2D eigenvalue weighted by Crippen LogP contribution is -2.06. The lowest BCUT2D eigenvalue weighted by molar-refractivity contribution is 0.332. The summed E-state index contributed by atoms with van der Waals surface area (Å²) in [5.41, 5.74) is 1.49. The number of hydrogen-bond donors (Lipinski definition) is 0. The molecule has 0 heterocycles. The molecule has 0 aromatic heterocycles. The summed E-state index contributed by atoms with van der Waals surface area (Å²) in [5, 5.41) is 0. The monoisotopic (exact) mass is 310 g/mol. The molecule has 3 rings (SSSR count). The molecule has 0 nitrogen and oxygen atoms in total. The van der Waals surface area contributed by atoms with E-state index in [4.69, 9.17) is 0 Å². The highest BCUT2D eigenvalue weighted by atomic mass is 32.2. The fraction of sp³-hybridized carbons (Fsp3) is 0.429.